The van der Waals surface area contributed by atoms with Gasteiger partial charge in [0.15, 0.2) is 0 Å². The fourth-order valence-corrected chi connectivity index (χ4v) is 2.84. The van der Waals surface area contributed by atoms with E-state index in [2.05, 4.69) is 11.4 Å². The van der Waals surface area contributed by atoms with E-state index < -0.39 is 5.97 Å². The van der Waals surface area contributed by atoms with Crippen molar-refractivity contribution >= 4 is 5.97 Å². The van der Waals surface area contributed by atoms with Gasteiger partial charge in [0.1, 0.15) is 5.75 Å². The predicted molar refractivity (Wildman–Crippen MR) is 77.9 cm³/mol. The van der Waals surface area contributed by atoms with Gasteiger partial charge >= 0.3 is 5.97 Å². The number of nitriles is 1. The molecule has 5 heteroatoms. The zero-order valence-corrected chi connectivity index (χ0v) is 12.1. The van der Waals surface area contributed by atoms with Crippen LogP contribution in [-0.4, -0.2) is 24.2 Å². The number of hydrogen-bond acceptors (Lipinski definition) is 4. The van der Waals surface area contributed by atoms with Crippen LogP contribution in [0.15, 0.2) is 18.2 Å². The van der Waals surface area contributed by atoms with Gasteiger partial charge < -0.3 is 15.2 Å². The van der Waals surface area contributed by atoms with Crippen LogP contribution in [0.25, 0.3) is 0 Å². The van der Waals surface area contributed by atoms with E-state index in [1.165, 1.54) is 0 Å². The summed E-state index contributed by atoms with van der Waals surface area (Å²) in [5.41, 5.74) is 1.52. The van der Waals surface area contributed by atoms with Crippen molar-refractivity contribution in [2.75, 3.05) is 7.11 Å². The van der Waals surface area contributed by atoms with E-state index in [1.54, 1.807) is 19.2 Å². The van der Waals surface area contributed by atoms with Crippen molar-refractivity contribution in [3.8, 4) is 11.8 Å². The van der Waals surface area contributed by atoms with E-state index >= 15 is 0 Å². The molecule has 1 aliphatic carbocycles. The Hall–Kier alpha value is -2.06. The summed E-state index contributed by atoms with van der Waals surface area (Å²) in [6.07, 6.45) is 3.35. The first kappa shape index (κ1) is 15.3. The highest BCUT2D eigenvalue weighted by molar-refractivity contribution is 5.70. The molecule has 1 saturated carbocycles. The van der Waals surface area contributed by atoms with Crippen LogP contribution in [0.4, 0.5) is 0 Å². The van der Waals surface area contributed by atoms with Gasteiger partial charge in [-0.05, 0) is 37.5 Å². The molecule has 2 N–H and O–H groups in total. The maximum absolute atomic E-state index is 11.1. The van der Waals surface area contributed by atoms with E-state index in [-0.39, 0.29) is 12.0 Å². The Morgan fingerprint density at radius 1 is 1.52 bits per heavy atom. The van der Waals surface area contributed by atoms with Crippen LogP contribution in [0, 0.1) is 17.2 Å². The molecule has 0 radical (unpaired) electrons. The highest BCUT2D eigenvalue weighted by atomic mass is 16.5. The number of nitrogens with one attached hydrogen (secondary N) is 1. The number of methoxy groups -OCH3 is 1. The first-order chi connectivity index (χ1) is 10.1. The number of aliphatic carboxylic acids is 1. The van der Waals surface area contributed by atoms with E-state index in [4.69, 9.17) is 15.1 Å². The van der Waals surface area contributed by atoms with Gasteiger partial charge in [-0.1, -0.05) is 6.42 Å². The fourth-order valence-electron chi connectivity index (χ4n) is 2.84. The molecule has 0 saturated heterocycles. The van der Waals surface area contributed by atoms with Gasteiger partial charge in [-0.2, -0.15) is 5.26 Å². The second-order valence-electron chi connectivity index (χ2n) is 5.42. The number of carbonyl (C=O) groups is 1. The SMILES string of the molecule is COc1ccc(C#N)cc1CNC1CCCC(C(=O)O)C1. The molecule has 1 fully saturated rings. The lowest BCUT2D eigenvalue weighted by Crippen LogP contribution is -2.36. The number of hydrogen-bond donors (Lipinski definition) is 2. The van der Waals surface area contributed by atoms with Gasteiger partial charge in [0.05, 0.1) is 24.7 Å². The molecular weight excluding hydrogens is 268 g/mol. The minimum absolute atomic E-state index is 0.204. The predicted octanol–water partition coefficient (Wildman–Crippen LogP) is 2.30. The van der Waals surface area contributed by atoms with Crippen LogP contribution in [0.1, 0.15) is 36.8 Å². The molecule has 112 valence electrons. The molecule has 1 aromatic carbocycles. The second-order valence-corrected chi connectivity index (χ2v) is 5.42. The largest absolute Gasteiger partial charge is 0.496 e. The lowest BCUT2D eigenvalue weighted by atomic mass is 9.85. The van der Waals surface area contributed by atoms with Crippen molar-refractivity contribution in [1.29, 1.82) is 5.26 Å². The Morgan fingerprint density at radius 2 is 2.33 bits per heavy atom. The molecule has 2 rings (SSSR count). The Morgan fingerprint density at radius 3 is 3.00 bits per heavy atom. The highest BCUT2D eigenvalue weighted by Gasteiger charge is 2.26. The molecule has 1 aliphatic rings. The number of ether oxygens (including phenoxy) is 1. The normalized spacial score (nSPS) is 21.5. The molecule has 0 aromatic heterocycles. The van der Waals surface area contributed by atoms with Crippen LogP contribution < -0.4 is 10.1 Å². The topological polar surface area (TPSA) is 82.3 Å². The molecule has 0 aliphatic heterocycles. The van der Waals surface area contributed by atoms with Gasteiger partial charge in [0, 0.05) is 18.2 Å². The summed E-state index contributed by atoms with van der Waals surface area (Å²) in [6.45, 7) is 0.579. The van der Waals surface area contributed by atoms with E-state index in [1.807, 2.05) is 6.07 Å². The standard InChI is InChI=1S/C16H20N2O3/c1-21-15-6-5-11(9-17)7-13(15)10-18-14-4-2-3-12(8-14)16(19)20/h5-7,12,14,18H,2-4,8,10H2,1H3,(H,19,20). The minimum Gasteiger partial charge on any atom is -0.496 e. The highest BCUT2D eigenvalue weighted by Crippen LogP contribution is 2.26. The summed E-state index contributed by atoms with van der Waals surface area (Å²) in [5, 5.41) is 21.5. The van der Waals surface area contributed by atoms with Crippen molar-refractivity contribution in [1.82, 2.24) is 5.32 Å². The summed E-state index contributed by atoms with van der Waals surface area (Å²) in [4.78, 5) is 11.1. The third kappa shape index (κ3) is 3.96. The molecule has 1 aromatic rings. The van der Waals surface area contributed by atoms with Crippen molar-refractivity contribution in [3.05, 3.63) is 29.3 Å². The minimum atomic E-state index is -0.703. The first-order valence-electron chi connectivity index (χ1n) is 7.17. The van der Waals surface area contributed by atoms with Crippen LogP contribution in [-0.2, 0) is 11.3 Å². The zero-order valence-electron chi connectivity index (χ0n) is 12.1. The summed E-state index contributed by atoms with van der Waals surface area (Å²) < 4.78 is 5.30. The molecular formula is C16H20N2O3. The lowest BCUT2D eigenvalue weighted by Gasteiger charge is -2.27. The second kappa shape index (κ2) is 7.09. The monoisotopic (exact) mass is 288 g/mol. The average molecular weight is 288 g/mol. The number of carboxylic acids is 1. The van der Waals surface area contributed by atoms with E-state index in [0.717, 1.165) is 30.6 Å². The average Bonchev–Trinajstić information content (AvgIpc) is 2.52. The summed E-state index contributed by atoms with van der Waals surface area (Å²) in [7, 11) is 1.60. The smallest absolute Gasteiger partial charge is 0.306 e. The number of carboxylic acid groups (broad SMARTS) is 1. The van der Waals surface area contributed by atoms with Crippen LogP contribution >= 0.6 is 0 Å². The van der Waals surface area contributed by atoms with Crippen molar-refractivity contribution < 1.29 is 14.6 Å². The number of benzene rings is 1. The molecule has 0 amide bonds. The lowest BCUT2D eigenvalue weighted by molar-refractivity contribution is -0.143. The summed E-state index contributed by atoms with van der Waals surface area (Å²) >= 11 is 0. The van der Waals surface area contributed by atoms with Gasteiger partial charge in [-0.3, -0.25) is 4.79 Å². The van der Waals surface area contributed by atoms with Gasteiger partial charge in [0.2, 0.25) is 0 Å². The van der Waals surface area contributed by atoms with Gasteiger partial charge in [-0.15, -0.1) is 0 Å². The summed E-state index contributed by atoms with van der Waals surface area (Å²) in [5.74, 6) is -0.207. The Labute approximate surface area is 124 Å². The van der Waals surface area contributed by atoms with Crippen LogP contribution in [0.5, 0.6) is 5.75 Å². The maximum Gasteiger partial charge on any atom is 0.306 e. The molecule has 5 nitrogen and oxygen atoms in total. The molecule has 21 heavy (non-hydrogen) atoms. The Bertz CT molecular complexity index is 551. The fraction of sp³-hybridized carbons (Fsp3) is 0.500. The molecule has 0 spiro atoms. The van der Waals surface area contributed by atoms with E-state index in [9.17, 15) is 4.79 Å². The molecule has 0 heterocycles. The zero-order chi connectivity index (χ0) is 15.2. The van der Waals surface area contributed by atoms with Crippen molar-refractivity contribution in [2.24, 2.45) is 5.92 Å². The first-order valence-corrected chi connectivity index (χ1v) is 7.17. The molecule has 2 atom stereocenters. The van der Waals surface area contributed by atoms with Gasteiger partial charge in [-0.25, -0.2) is 0 Å². The molecule has 0 bridgehead atoms. The van der Waals surface area contributed by atoms with Crippen molar-refractivity contribution in [2.45, 2.75) is 38.3 Å². The Kier molecular flexibility index (Phi) is 5.18. The maximum atomic E-state index is 11.1. The molecule has 2 unspecified atom stereocenters. The van der Waals surface area contributed by atoms with Crippen LogP contribution in [0.3, 0.4) is 0 Å². The quantitative estimate of drug-likeness (QED) is 0.868. The van der Waals surface area contributed by atoms with Crippen LogP contribution in [0.2, 0.25) is 0 Å². The number of rotatable bonds is 5. The third-order valence-electron chi connectivity index (χ3n) is 4.01. The number of nitrogens with zero attached hydrogens (tertiary/aromatic N) is 1. The van der Waals surface area contributed by atoms with E-state index in [0.29, 0.717) is 18.5 Å². The summed E-state index contributed by atoms with van der Waals surface area (Å²) in [6, 6.07) is 7.64. The third-order valence-corrected chi connectivity index (χ3v) is 4.01. The Balaban J connectivity index is 1.99. The van der Waals surface area contributed by atoms with Crippen molar-refractivity contribution in [3.63, 3.8) is 0 Å². The van der Waals surface area contributed by atoms with Gasteiger partial charge in [0.25, 0.3) is 0 Å².